The molecule has 0 radical (unpaired) electrons. The lowest BCUT2D eigenvalue weighted by molar-refractivity contribution is 0.297. The first-order valence-corrected chi connectivity index (χ1v) is 8.50. The van der Waals surface area contributed by atoms with Crippen molar-refractivity contribution in [3.8, 4) is 0 Å². The van der Waals surface area contributed by atoms with E-state index in [1.165, 1.54) is 25.7 Å². The molecule has 0 saturated heterocycles. The second kappa shape index (κ2) is 7.51. The maximum atomic E-state index is 6.23. The molecule has 0 spiro atoms. The average Bonchev–Trinajstić information content (AvgIpc) is 2.43. The molecule has 1 fully saturated rings. The fraction of sp³-hybridized carbons (Fsp3) is 0.667. The maximum absolute atomic E-state index is 6.23. The fourth-order valence-corrected chi connectivity index (χ4v) is 4.42. The molecular formula is C15H23ClN2S. The molecule has 3 atom stereocenters. The Hall–Kier alpha value is -0.250. The van der Waals surface area contributed by atoms with Gasteiger partial charge in [-0.1, -0.05) is 43.6 Å². The van der Waals surface area contributed by atoms with Crippen LogP contribution in [0.4, 0.5) is 0 Å². The van der Waals surface area contributed by atoms with Crippen molar-refractivity contribution in [1.82, 2.24) is 10.3 Å². The molecule has 1 N–H and O–H groups in total. The molecule has 3 unspecified atom stereocenters. The summed E-state index contributed by atoms with van der Waals surface area (Å²) in [4.78, 5) is 4.42. The summed E-state index contributed by atoms with van der Waals surface area (Å²) in [5, 5.41) is 5.98. The molecule has 1 saturated carbocycles. The van der Waals surface area contributed by atoms with Gasteiger partial charge in [-0.05, 0) is 43.9 Å². The van der Waals surface area contributed by atoms with Gasteiger partial charge >= 0.3 is 0 Å². The highest BCUT2D eigenvalue weighted by Crippen LogP contribution is 2.38. The van der Waals surface area contributed by atoms with Crippen LogP contribution in [0.2, 0.25) is 5.02 Å². The standard InChI is InChI=1S/C15H23ClN2S/c1-3-11-7-8-13(17-4-2)14(10-11)19-15-12(16)6-5-9-18-15/h5-6,9,11,13-14,17H,3-4,7-8,10H2,1-2H3. The molecule has 2 nitrogen and oxygen atoms in total. The van der Waals surface area contributed by atoms with E-state index in [0.29, 0.717) is 11.3 Å². The molecule has 2 rings (SSSR count). The van der Waals surface area contributed by atoms with Gasteiger partial charge in [-0.3, -0.25) is 0 Å². The molecule has 0 amide bonds. The van der Waals surface area contributed by atoms with Crippen molar-refractivity contribution < 1.29 is 0 Å². The van der Waals surface area contributed by atoms with Crippen molar-refractivity contribution in [3.05, 3.63) is 23.4 Å². The molecule has 4 heteroatoms. The van der Waals surface area contributed by atoms with Crippen molar-refractivity contribution in [2.45, 2.75) is 55.8 Å². The Morgan fingerprint density at radius 2 is 2.26 bits per heavy atom. The van der Waals surface area contributed by atoms with E-state index in [2.05, 4.69) is 24.1 Å². The highest BCUT2D eigenvalue weighted by Gasteiger charge is 2.30. The van der Waals surface area contributed by atoms with Crippen LogP contribution < -0.4 is 5.32 Å². The third kappa shape index (κ3) is 4.11. The minimum absolute atomic E-state index is 0.589. The van der Waals surface area contributed by atoms with E-state index in [1.807, 2.05) is 30.1 Å². The van der Waals surface area contributed by atoms with E-state index in [9.17, 15) is 0 Å². The van der Waals surface area contributed by atoms with Crippen LogP contribution >= 0.6 is 23.4 Å². The molecule has 1 aliphatic carbocycles. The highest BCUT2D eigenvalue weighted by molar-refractivity contribution is 8.00. The van der Waals surface area contributed by atoms with Crippen molar-refractivity contribution >= 4 is 23.4 Å². The number of rotatable bonds is 5. The van der Waals surface area contributed by atoms with Gasteiger partial charge in [0, 0.05) is 17.5 Å². The third-order valence-electron chi connectivity index (χ3n) is 3.93. The van der Waals surface area contributed by atoms with Crippen molar-refractivity contribution in [2.75, 3.05) is 6.54 Å². The van der Waals surface area contributed by atoms with Crippen molar-refractivity contribution in [2.24, 2.45) is 5.92 Å². The second-order valence-corrected chi connectivity index (χ2v) is 6.83. The smallest absolute Gasteiger partial charge is 0.115 e. The second-order valence-electron chi connectivity index (χ2n) is 5.20. The first kappa shape index (κ1) is 15.1. The number of halogens is 1. The van der Waals surface area contributed by atoms with Gasteiger partial charge in [0.05, 0.1) is 5.02 Å². The summed E-state index contributed by atoms with van der Waals surface area (Å²) in [5.74, 6) is 0.856. The average molecular weight is 299 g/mol. The lowest BCUT2D eigenvalue weighted by Gasteiger charge is -2.35. The summed E-state index contributed by atoms with van der Waals surface area (Å²) in [5.41, 5.74) is 0. The first-order chi connectivity index (χ1) is 9.24. The van der Waals surface area contributed by atoms with Gasteiger partial charge in [0.2, 0.25) is 0 Å². The highest BCUT2D eigenvalue weighted by atomic mass is 35.5. The number of hydrogen-bond donors (Lipinski definition) is 1. The van der Waals surface area contributed by atoms with Crippen molar-refractivity contribution in [3.63, 3.8) is 0 Å². The van der Waals surface area contributed by atoms with Gasteiger partial charge in [0.25, 0.3) is 0 Å². The van der Waals surface area contributed by atoms with Crippen LogP contribution in [-0.2, 0) is 0 Å². The van der Waals surface area contributed by atoms with Crippen LogP contribution in [0.1, 0.15) is 39.5 Å². The van der Waals surface area contributed by atoms with Gasteiger partial charge in [-0.2, -0.15) is 0 Å². The monoisotopic (exact) mass is 298 g/mol. The zero-order chi connectivity index (χ0) is 13.7. The number of pyridine rings is 1. The number of aromatic nitrogens is 1. The predicted molar refractivity (Wildman–Crippen MR) is 84.0 cm³/mol. The molecule has 1 heterocycles. The Morgan fingerprint density at radius 3 is 2.95 bits per heavy atom. The summed E-state index contributed by atoms with van der Waals surface area (Å²) in [6.07, 6.45) is 7.00. The molecule has 0 aliphatic heterocycles. The van der Waals surface area contributed by atoms with Crippen LogP contribution in [-0.4, -0.2) is 22.8 Å². The van der Waals surface area contributed by atoms with E-state index in [1.54, 1.807) is 0 Å². The molecule has 106 valence electrons. The topological polar surface area (TPSA) is 24.9 Å². The van der Waals surface area contributed by atoms with Crippen LogP contribution in [0.15, 0.2) is 23.4 Å². The largest absolute Gasteiger partial charge is 0.313 e. The van der Waals surface area contributed by atoms with E-state index < -0.39 is 0 Å². The van der Waals surface area contributed by atoms with Crippen LogP contribution in [0.5, 0.6) is 0 Å². The Morgan fingerprint density at radius 1 is 1.42 bits per heavy atom. The Labute approximate surface area is 125 Å². The van der Waals surface area contributed by atoms with Crippen LogP contribution in [0, 0.1) is 5.92 Å². The molecule has 1 aromatic heterocycles. The molecule has 1 aliphatic rings. The third-order valence-corrected chi connectivity index (χ3v) is 5.72. The maximum Gasteiger partial charge on any atom is 0.115 e. The van der Waals surface area contributed by atoms with Gasteiger partial charge in [0.1, 0.15) is 5.03 Å². The number of thioether (sulfide) groups is 1. The molecule has 1 aromatic rings. The van der Waals surface area contributed by atoms with Crippen molar-refractivity contribution in [1.29, 1.82) is 0 Å². The fourth-order valence-electron chi connectivity index (χ4n) is 2.81. The molecule has 0 bridgehead atoms. The lowest BCUT2D eigenvalue weighted by atomic mass is 9.84. The van der Waals surface area contributed by atoms with Crippen LogP contribution in [0.25, 0.3) is 0 Å². The van der Waals surface area contributed by atoms with Gasteiger partial charge < -0.3 is 5.32 Å². The Kier molecular flexibility index (Phi) is 5.99. The number of nitrogens with zero attached hydrogens (tertiary/aromatic N) is 1. The summed E-state index contributed by atoms with van der Waals surface area (Å²) < 4.78 is 0. The normalized spacial score (nSPS) is 27.4. The number of nitrogens with one attached hydrogen (secondary N) is 1. The zero-order valence-electron chi connectivity index (χ0n) is 11.7. The van der Waals surface area contributed by atoms with E-state index in [0.717, 1.165) is 22.5 Å². The van der Waals surface area contributed by atoms with Crippen LogP contribution in [0.3, 0.4) is 0 Å². The van der Waals surface area contributed by atoms with E-state index >= 15 is 0 Å². The van der Waals surface area contributed by atoms with Gasteiger partial charge in [0.15, 0.2) is 0 Å². The molecule has 19 heavy (non-hydrogen) atoms. The molecular weight excluding hydrogens is 276 g/mol. The predicted octanol–water partition coefficient (Wildman–Crippen LogP) is 4.38. The SMILES string of the molecule is CCNC1CCC(CC)CC1Sc1ncccc1Cl. The number of hydrogen-bond acceptors (Lipinski definition) is 3. The lowest BCUT2D eigenvalue weighted by Crippen LogP contribution is -2.42. The van der Waals surface area contributed by atoms with Gasteiger partial charge in [-0.15, -0.1) is 0 Å². The summed E-state index contributed by atoms with van der Waals surface area (Å²) in [6.45, 7) is 5.52. The summed E-state index contributed by atoms with van der Waals surface area (Å²) in [6, 6.07) is 4.42. The summed E-state index contributed by atoms with van der Waals surface area (Å²) in [7, 11) is 0. The Balaban J connectivity index is 2.07. The Bertz CT molecular complexity index is 399. The summed E-state index contributed by atoms with van der Waals surface area (Å²) >= 11 is 8.09. The zero-order valence-corrected chi connectivity index (χ0v) is 13.3. The molecule has 0 aromatic carbocycles. The minimum Gasteiger partial charge on any atom is -0.313 e. The van der Waals surface area contributed by atoms with E-state index in [-0.39, 0.29) is 0 Å². The quantitative estimate of drug-likeness (QED) is 0.873. The van der Waals surface area contributed by atoms with E-state index in [4.69, 9.17) is 11.6 Å². The van der Waals surface area contributed by atoms with Gasteiger partial charge in [-0.25, -0.2) is 4.98 Å². The first-order valence-electron chi connectivity index (χ1n) is 7.25. The minimum atomic E-state index is 0.589.